The summed E-state index contributed by atoms with van der Waals surface area (Å²) in [5.74, 6) is 0. The summed E-state index contributed by atoms with van der Waals surface area (Å²) in [7, 11) is 1.99. The van der Waals surface area contributed by atoms with Crippen LogP contribution in [0.4, 0.5) is 5.13 Å². The van der Waals surface area contributed by atoms with E-state index < -0.39 is 6.10 Å². The van der Waals surface area contributed by atoms with E-state index in [1.165, 1.54) is 11.3 Å². The zero-order chi connectivity index (χ0) is 12.4. The van der Waals surface area contributed by atoms with E-state index in [9.17, 15) is 5.11 Å². The molecule has 1 unspecified atom stereocenters. The van der Waals surface area contributed by atoms with Gasteiger partial charge in [-0.15, -0.1) is 11.3 Å². The van der Waals surface area contributed by atoms with Crippen molar-refractivity contribution in [3.05, 3.63) is 27.2 Å². The Bertz CT molecular complexity index is 479. The van der Waals surface area contributed by atoms with Gasteiger partial charge in [0, 0.05) is 12.4 Å². The Morgan fingerprint density at radius 2 is 2.29 bits per heavy atom. The van der Waals surface area contributed by atoms with Gasteiger partial charge in [-0.25, -0.2) is 9.97 Å². The standard InChI is InChI=1S/C11H15N3OS2/c1-7-10(8(2)15)17-11(13-7)14(3)4-9-5-16-6-12-9/h5-6,8,15H,4H2,1-3H3. The Morgan fingerprint density at radius 1 is 1.53 bits per heavy atom. The smallest absolute Gasteiger partial charge is 0.185 e. The number of rotatable bonds is 4. The molecule has 0 fully saturated rings. The van der Waals surface area contributed by atoms with Crippen molar-refractivity contribution in [1.82, 2.24) is 9.97 Å². The van der Waals surface area contributed by atoms with E-state index in [0.717, 1.165) is 27.9 Å². The molecule has 0 aliphatic rings. The van der Waals surface area contributed by atoms with Crippen molar-refractivity contribution in [3.8, 4) is 0 Å². The van der Waals surface area contributed by atoms with Gasteiger partial charge in [0.2, 0.25) is 0 Å². The predicted octanol–water partition coefficient (Wildman–Crippen LogP) is 2.60. The quantitative estimate of drug-likeness (QED) is 0.927. The summed E-state index contributed by atoms with van der Waals surface area (Å²) in [4.78, 5) is 11.7. The maximum Gasteiger partial charge on any atom is 0.185 e. The SMILES string of the molecule is Cc1nc(N(C)Cc2cscn2)sc1C(C)O. The average molecular weight is 269 g/mol. The molecule has 0 bridgehead atoms. The lowest BCUT2D eigenvalue weighted by molar-refractivity contribution is 0.202. The van der Waals surface area contributed by atoms with Gasteiger partial charge in [-0.3, -0.25) is 0 Å². The van der Waals surface area contributed by atoms with E-state index in [1.807, 2.05) is 24.9 Å². The van der Waals surface area contributed by atoms with Gasteiger partial charge < -0.3 is 10.0 Å². The molecule has 2 heterocycles. The highest BCUT2D eigenvalue weighted by Crippen LogP contribution is 2.30. The minimum absolute atomic E-state index is 0.450. The number of aromatic nitrogens is 2. The van der Waals surface area contributed by atoms with Gasteiger partial charge in [-0.05, 0) is 13.8 Å². The van der Waals surface area contributed by atoms with Crippen molar-refractivity contribution in [2.45, 2.75) is 26.5 Å². The minimum Gasteiger partial charge on any atom is -0.388 e. The molecule has 2 rings (SSSR count). The van der Waals surface area contributed by atoms with Gasteiger partial charge in [0.15, 0.2) is 5.13 Å². The first-order valence-electron chi connectivity index (χ1n) is 5.31. The highest BCUT2D eigenvalue weighted by atomic mass is 32.1. The number of thiazole rings is 2. The van der Waals surface area contributed by atoms with Gasteiger partial charge >= 0.3 is 0 Å². The second kappa shape index (κ2) is 5.12. The molecule has 0 saturated heterocycles. The number of aliphatic hydroxyl groups excluding tert-OH is 1. The van der Waals surface area contributed by atoms with Crippen LogP contribution in [-0.2, 0) is 6.54 Å². The van der Waals surface area contributed by atoms with Crippen LogP contribution in [-0.4, -0.2) is 22.1 Å². The van der Waals surface area contributed by atoms with E-state index in [2.05, 4.69) is 14.9 Å². The van der Waals surface area contributed by atoms with E-state index in [0.29, 0.717) is 0 Å². The van der Waals surface area contributed by atoms with E-state index in [1.54, 1.807) is 18.3 Å². The minimum atomic E-state index is -0.450. The maximum absolute atomic E-state index is 9.60. The van der Waals surface area contributed by atoms with Crippen molar-refractivity contribution < 1.29 is 5.11 Å². The third-order valence-electron chi connectivity index (χ3n) is 2.41. The maximum atomic E-state index is 9.60. The number of aliphatic hydroxyl groups is 1. The van der Waals surface area contributed by atoms with Crippen molar-refractivity contribution >= 4 is 27.8 Å². The van der Waals surface area contributed by atoms with Crippen LogP contribution in [0.25, 0.3) is 0 Å². The highest BCUT2D eigenvalue weighted by Gasteiger charge is 2.15. The molecule has 2 aromatic heterocycles. The Balaban J connectivity index is 2.14. The summed E-state index contributed by atoms with van der Waals surface area (Å²) >= 11 is 3.13. The van der Waals surface area contributed by atoms with Crippen LogP contribution < -0.4 is 4.90 Å². The van der Waals surface area contributed by atoms with E-state index in [4.69, 9.17) is 0 Å². The Kier molecular flexibility index (Phi) is 3.76. The fourth-order valence-electron chi connectivity index (χ4n) is 1.57. The lowest BCUT2D eigenvalue weighted by Gasteiger charge is -2.13. The molecule has 0 amide bonds. The molecule has 1 atom stereocenters. The zero-order valence-corrected chi connectivity index (χ0v) is 11.7. The number of anilines is 1. The molecule has 0 aliphatic heterocycles. The third-order valence-corrected chi connectivity index (χ3v) is 4.49. The molecule has 17 heavy (non-hydrogen) atoms. The van der Waals surface area contributed by atoms with E-state index in [-0.39, 0.29) is 0 Å². The number of hydrogen-bond acceptors (Lipinski definition) is 6. The predicted molar refractivity (Wildman–Crippen MR) is 71.7 cm³/mol. The van der Waals surface area contributed by atoms with Gasteiger partial charge in [-0.1, -0.05) is 11.3 Å². The Morgan fingerprint density at radius 3 is 2.82 bits per heavy atom. The van der Waals surface area contributed by atoms with Crippen LogP contribution >= 0.6 is 22.7 Å². The second-order valence-corrected chi connectivity index (χ2v) is 5.69. The van der Waals surface area contributed by atoms with Gasteiger partial charge in [0.25, 0.3) is 0 Å². The monoisotopic (exact) mass is 269 g/mol. The molecule has 0 saturated carbocycles. The fraction of sp³-hybridized carbons (Fsp3) is 0.455. The normalized spacial score (nSPS) is 12.7. The molecule has 6 heteroatoms. The lowest BCUT2D eigenvalue weighted by atomic mass is 10.3. The van der Waals surface area contributed by atoms with Gasteiger partial charge in [-0.2, -0.15) is 0 Å². The van der Waals surface area contributed by atoms with Crippen LogP contribution in [0.5, 0.6) is 0 Å². The Hall–Kier alpha value is -0.980. The van der Waals surface area contributed by atoms with Crippen molar-refractivity contribution in [3.63, 3.8) is 0 Å². The molecule has 1 N–H and O–H groups in total. The lowest BCUT2D eigenvalue weighted by Crippen LogP contribution is -2.16. The van der Waals surface area contributed by atoms with Crippen LogP contribution in [0, 0.1) is 6.92 Å². The largest absolute Gasteiger partial charge is 0.388 e. The topological polar surface area (TPSA) is 49.2 Å². The molecular weight excluding hydrogens is 254 g/mol. The Labute approximate surface area is 109 Å². The van der Waals surface area contributed by atoms with E-state index >= 15 is 0 Å². The number of aryl methyl sites for hydroxylation is 1. The first-order chi connectivity index (χ1) is 8.08. The molecule has 4 nitrogen and oxygen atoms in total. The van der Waals surface area contributed by atoms with Gasteiger partial charge in [0.05, 0.1) is 34.4 Å². The number of hydrogen-bond donors (Lipinski definition) is 1. The second-order valence-electron chi connectivity index (χ2n) is 3.96. The first kappa shape index (κ1) is 12.5. The zero-order valence-electron chi connectivity index (χ0n) is 10.0. The summed E-state index contributed by atoms with van der Waals surface area (Å²) in [6.45, 7) is 4.44. The molecular formula is C11H15N3OS2. The van der Waals surface area contributed by atoms with Gasteiger partial charge in [0.1, 0.15) is 0 Å². The summed E-state index contributed by atoms with van der Waals surface area (Å²) in [5.41, 5.74) is 3.78. The molecule has 92 valence electrons. The summed E-state index contributed by atoms with van der Waals surface area (Å²) in [6, 6.07) is 0. The molecule has 0 aromatic carbocycles. The van der Waals surface area contributed by atoms with Crippen LogP contribution in [0.15, 0.2) is 10.9 Å². The summed E-state index contributed by atoms with van der Waals surface area (Å²) in [6.07, 6.45) is -0.450. The average Bonchev–Trinajstić information content (AvgIpc) is 2.86. The van der Waals surface area contributed by atoms with Crippen molar-refractivity contribution in [2.75, 3.05) is 11.9 Å². The summed E-state index contributed by atoms with van der Waals surface area (Å²) in [5, 5.41) is 12.6. The first-order valence-corrected chi connectivity index (χ1v) is 7.07. The molecule has 0 spiro atoms. The fourth-order valence-corrected chi connectivity index (χ4v) is 3.08. The van der Waals surface area contributed by atoms with Crippen LogP contribution in [0.3, 0.4) is 0 Å². The highest BCUT2D eigenvalue weighted by molar-refractivity contribution is 7.15. The molecule has 0 aliphatic carbocycles. The summed E-state index contributed by atoms with van der Waals surface area (Å²) < 4.78 is 0. The van der Waals surface area contributed by atoms with Crippen LogP contribution in [0.1, 0.15) is 29.3 Å². The van der Waals surface area contributed by atoms with Crippen LogP contribution in [0.2, 0.25) is 0 Å². The van der Waals surface area contributed by atoms with Crippen molar-refractivity contribution in [2.24, 2.45) is 0 Å². The molecule has 0 radical (unpaired) electrons. The third kappa shape index (κ3) is 2.83. The van der Waals surface area contributed by atoms with Crippen molar-refractivity contribution in [1.29, 1.82) is 0 Å². The molecule has 2 aromatic rings. The number of nitrogens with zero attached hydrogens (tertiary/aromatic N) is 3.